The van der Waals surface area contributed by atoms with E-state index in [0.717, 1.165) is 5.56 Å². The zero-order valence-electron chi connectivity index (χ0n) is 11.2. The van der Waals surface area contributed by atoms with Gasteiger partial charge in [0.25, 0.3) is 0 Å². The molecule has 112 valence electrons. The highest BCUT2D eigenvalue weighted by Gasteiger charge is 1.93. The predicted octanol–water partition coefficient (Wildman–Crippen LogP) is -1.39. The van der Waals surface area contributed by atoms with Gasteiger partial charge in [-0.2, -0.15) is 10.4 Å². The smallest absolute Gasteiger partial charge is 0.151 e. The molecule has 0 atom stereocenters. The van der Waals surface area contributed by atoms with E-state index in [4.69, 9.17) is 16.8 Å². The number of nitrogens with two attached hydrogens (primary N) is 4. The van der Waals surface area contributed by atoms with Crippen LogP contribution < -0.4 is 23.3 Å². The number of pyridine rings is 2. The highest BCUT2D eigenvalue weighted by molar-refractivity contribution is 5.96. The van der Waals surface area contributed by atoms with Gasteiger partial charge in [0.05, 0.1) is 5.56 Å². The number of nitrogens with zero attached hydrogens (tertiary/aromatic N) is 4. The molecule has 0 aromatic carbocycles. The molecule has 21 heavy (non-hydrogen) atoms. The Morgan fingerprint density at radius 2 is 1.67 bits per heavy atom. The minimum atomic E-state index is 0. The SMILES string of the molecule is N#Cc1cccnc1.N/N=C(\N)c1cccnc1.NN.O. The van der Waals surface area contributed by atoms with Gasteiger partial charge in [-0.15, -0.1) is 0 Å². The van der Waals surface area contributed by atoms with E-state index in [-0.39, 0.29) is 5.48 Å². The van der Waals surface area contributed by atoms with Crippen LogP contribution in [0.1, 0.15) is 11.1 Å². The molecule has 2 aromatic heterocycles. The molecule has 2 heterocycles. The lowest BCUT2D eigenvalue weighted by atomic mass is 10.3. The fourth-order valence-electron chi connectivity index (χ4n) is 1.02. The average Bonchev–Trinajstić information content (AvgIpc) is 2.58. The Hall–Kier alpha value is -3.06. The minimum absolute atomic E-state index is 0. The van der Waals surface area contributed by atoms with Crippen LogP contribution in [0.3, 0.4) is 0 Å². The van der Waals surface area contributed by atoms with Gasteiger partial charge in [0.1, 0.15) is 6.07 Å². The molecular weight excluding hydrogens is 272 g/mol. The van der Waals surface area contributed by atoms with E-state index in [0.29, 0.717) is 11.4 Å². The normalized spacial score (nSPS) is 8.71. The molecule has 0 amide bonds. The van der Waals surface area contributed by atoms with Crippen molar-refractivity contribution in [2.24, 2.45) is 28.4 Å². The van der Waals surface area contributed by atoms with E-state index in [1.54, 1.807) is 42.9 Å². The molecule has 0 aliphatic carbocycles. The van der Waals surface area contributed by atoms with Gasteiger partial charge in [0, 0.05) is 30.4 Å². The highest BCUT2D eigenvalue weighted by Crippen LogP contribution is 1.92. The Labute approximate surface area is 122 Å². The van der Waals surface area contributed by atoms with Gasteiger partial charge in [-0.3, -0.25) is 21.7 Å². The number of hydrazine groups is 1. The third kappa shape index (κ3) is 8.62. The molecule has 0 fully saturated rings. The summed E-state index contributed by atoms with van der Waals surface area (Å²) in [4.78, 5) is 7.57. The summed E-state index contributed by atoms with van der Waals surface area (Å²) >= 11 is 0. The van der Waals surface area contributed by atoms with Crippen LogP contribution in [0.5, 0.6) is 0 Å². The van der Waals surface area contributed by atoms with E-state index < -0.39 is 0 Å². The largest absolute Gasteiger partial charge is 0.412 e. The number of hydrogen-bond acceptors (Lipinski definition) is 7. The van der Waals surface area contributed by atoms with Gasteiger partial charge in [-0.1, -0.05) is 0 Å². The Morgan fingerprint density at radius 3 is 2.00 bits per heavy atom. The monoisotopic (exact) mass is 290 g/mol. The van der Waals surface area contributed by atoms with Crippen LogP contribution >= 0.6 is 0 Å². The summed E-state index contributed by atoms with van der Waals surface area (Å²) in [5.74, 6) is 13.2. The van der Waals surface area contributed by atoms with E-state index in [2.05, 4.69) is 26.8 Å². The van der Waals surface area contributed by atoms with Crippen molar-refractivity contribution in [1.29, 1.82) is 5.26 Å². The highest BCUT2D eigenvalue weighted by atomic mass is 16.0. The fourth-order valence-corrected chi connectivity index (χ4v) is 1.02. The maximum atomic E-state index is 8.25. The minimum Gasteiger partial charge on any atom is -0.412 e. The molecule has 0 spiro atoms. The van der Waals surface area contributed by atoms with Gasteiger partial charge in [-0.25, -0.2) is 0 Å². The lowest BCUT2D eigenvalue weighted by Crippen LogP contribution is -2.15. The average molecular weight is 290 g/mol. The first-order chi connectivity index (χ1) is 9.77. The summed E-state index contributed by atoms with van der Waals surface area (Å²) in [5.41, 5.74) is 6.72. The lowest BCUT2D eigenvalue weighted by Gasteiger charge is -1.94. The van der Waals surface area contributed by atoms with Crippen molar-refractivity contribution < 1.29 is 5.48 Å². The molecule has 0 bridgehead atoms. The maximum Gasteiger partial charge on any atom is 0.151 e. The number of rotatable bonds is 1. The number of hydrogen-bond donors (Lipinski definition) is 4. The second-order valence-electron chi connectivity index (χ2n) is 3.11. The predicted molar refractivity (Wildman–Crippen MR) is 80.1 cm³/mol. The molecule has 10 N–H and O–H groups in total. The van der Waals surface area contributed by atoms with Gasteiger partial charge in [0.2, 0.25) is 0 Å². The van der Waals surface area contributed by atoms with E-state index in [1.165, 1.54) is 6.20 Å². The molecule has 0 aliphatic heterocycles. The summed E-state index contributed by atoms with van der Waals surface area (Å²) in [6, 6.07) is 8.98. The first-order valence-electron chi connectivity index (χ1n) is 5.35. The first-order valence-corrected chi connectivity index (χ1v) is 5.35. The van der Waals surface area contributed by atoms with Crippen LogP contribution in [0.2, 0.25) is 0 Å². The summed E-state index contributed by atoms with van der Waals surface area (Å²) in [7, 11) is 0. The van der Waals surface area contributed by atoms with Crippen LogP contribution in [0.25, 0.3) is 0 Å². The summed E-state index contributed by atoms with van der Waals surface area (Å²) < 4.78 is 0. The van der Waals surface area contributed by atoms with Gasteiger partial charge in [0.15, 0.2) is 5.84 Å². The zero-order chi connectivity index (χ0) is 15.2. The summed E-state index contributed by atoms with van der Waals surface area (Å²) in [6.45, 7) is 0. The molecule has 2 rings (SSSR count). The first kappa shape index (κ1) is 20.3. The van der Waals surface area contributed by atoms with E-state index in [1.807, 2.05) is 6.07 Å². The fraction of sp³-hybridized carbons (Fsp3) is 0. The van der Waals surface area contributed by atoms with Crippen molar-refractivity contribution in [2.75, 3.05) is 0 Å². The quantitative estimate of drug-likeness (QED) is 0.214. The van der Waals surface area contributed by atoms with Crippen molar-refractivity contribution >= 4 is 5.84 Å². The third-order valence-corrected chi connectivity index (χ3v) is 1.89. The maximum absolute atomic E-state index is 8.25. The van der Waals surface area contributed by atoms with Crippen molar-refractivity contribution in [2.45, 2.75) is 0 Å². The molecular formula is C12H18N8O. The standard InChI is InChI=1S/C6H8N4.C6H4N2.H4N2.H2O/c7-6(10-8)5-2-1-3-9-4-5;7-4-6-2-1-3-8-5-6;1-2;/h1-4H,8H2,(H2,7,10);1-3,5H;1-2H2;1H2. The molecule has 0 radical (unpaired) electrons. The van der Waals surface area contributed by atoms with E-state index >= 15 is 0 Å². The van der Waals surface area contributed by atoms with Gasteiger partial charge >= 0.3 is 0 Å². The third-order valence-electron chi connectivity index (χ3n) is 1.89. The van der Waals surface area contributed by atoms with Gasteiger partial charge in [-0.05, 0) is 24.3 Å². The number of amidine groups is 1. The second kappa shape index (κ2) is 13.4. The van der Waals surface area contributed by atoms with Crippen molar-refractivity contribution in [3.05, 3.63) is 60.2 Å². The van der Waals surface area contributed by atoms with Crippen molar-refractivity contribution in [1.82, 2.24) is 9.97 Å². The second-order valence-corrected chi connectivity index (χ2v) is 3.11. The Bertz CT molecular complexity index is 538. The number of nitriles is 1. The van der Waals surface area contributed by atoms with Crippen molar-refractivity contribution in [3.63, 3.8) is 0 Å². The molecule has 9 nitrogen and oxygen atoms in total. The molecule has 0 unspecified atom stereocenters. The van der Waals surface area contributed by atoms with Crippen molar-refractivity contribution in [3.8, 4) is 6.07 Å². The Balaban J connectivity index is 0. The molecule has 0 saturated heterocycles. The van der Waals surface area contributed by atoms with Crippen LogP contribution in [0, 0.1) is 11.3 Å². The van der Waals surface area contributed by atoms with Gasteiger partial charge < -0.3 is 17.1 Å². The zero-order valence-corrected chi connectivity index (χ0v) is 11.2. The number of hydrazone groups is 1. The van der Waals surface area contributed by atoms with Crippen LogP contribution in [0.15, 0.2) is 54.2 Å². The Kier molecular flexibility index (Phi) is 12.9. The van der Waals surface area contributed by atoms with E-state index in [9.17, 15) is 0 Å². The molecule has 9 heteroatoms. The lowest BCUT2D eigenvalue weighted by molar-refractivity contribution is 0.824. The molecule has 0 saturated carbocycles. The summed E-state index contributed by atoms with van der Waals surface area (Å²) in [5, 5.41) is 11.6. The Morgan fingerprint density at radius 1 is 1.10 bits per heavy atom. The number of aromatic nitrogens is 2. The molecule has 0 aliphatic rings. The topological polar surface area (TPSA) is 198 Å². The van der Waals surface area contributed by atoms with Crippen LogP contribution in [-0.4, -0.2) is 21.3 Å². The van der Waals surface area contributed by atoms with Crippen LogP contribution in [-0.2, 0) is 0 Å². The van der Waals surface area contributed by atoms with Crippen LogP contribution in [0.4, 0.5) is 0 Å². The molecule has 2 aromatic rings. The summed E-state index contributed by atoms with van der Waals surface area (Å²) in [6.07, 6.45) is 6.43.